The summed E-state index contributed by atoms with van der Waals surface area (Å²) in [5, 5.41) is 1.52. The van der Waals surface area contributed by atoms with Crippen LogP contribution >= 0.6 is 0 Å². The van der Waals surface area contributed by atoms with Crippen LogP contribution in [0.5, 0.6) is 0 Å². The molecule has 1 aromatic rings. The first-order chi connectivity index (χ1) is 6.97. The molecule has 0 aliphatic heterocycles. The van der Waals surface area contributed by atoms with Crippen molar-refractivity contribution in [3.05, 3.63) is 30.3 Å². The molecule has 0 spiro atoms. The van der Waals surface area contributed by atoms with Crippen molar-refractivity contribution in [2.75, 3.05) is 28.2 Å². The zero-order chi connectivity index (χ0) is 11.5. The van der Waals surface area contributed by atoms with Crippen LogP contribution in [-0.2, 0) is 0 Å². The Morgan fingerprint density at radius 3 is 1.87 bits per heavy atom. The van der Waals surface area contributed by atoms with Gasteiger partial charge >= 0.3 is 105 Å². The van der Waals surface area contributed by atoms with Crippen molar-refractivity contribution in [3.63, 3.8) is 0 Å². The van der Waals surface area contributed by atoms with Crippen LogP contribution in [0, 0.1) is 0 Å². The van der Waals surface area contributed by atoms with Crippen molar-refractivity contribution in [1.29, 1.82) is 0 Å². The SMILES string of the molecule is [Li][C]([SiH2]c1ccccc1)(N(C)C)N(C)C. The molecule has 0 aliphatic rings. The molecule has 2 nitrogen and oxygen atoms in total. The van der Waals surface area contributed by atoms with E-state index in [1.54, 1.807) is 0 Å². The predicted octanol–water partition coefficient (Wildman–Crippen LogP) is -0.616. The van der Waals surface area contributed by atoms with E-state index in [4.69, 9.17) is 0 Å². The Bertz CT molecular complexity index is 293. The maximum atomic E-state index is 2.33. The van der Waals surface area contributed by atoms with E-state index in [1.165, 1.54) is 5.19 Å². The monoisotopic (exact) mass is 214 g/mol. The van der Waals surface area contributed by atoms with Gasteiger partial charge in [-0.15, -0.1) is 0 Å². The van der Waals surface area contributed by atoms with Crippen molar-refractivity contribution < 1.29 is 0 Å². The van der Waals surface area contributed by atoms with E-state index >= 15 is 0 Å². The van der Waals surface area contributed by atoms with E-state index < -0.39 is 0 Å². The van der Waals surface area contributed by atoms with Gasteiger partial charge in [-0.05, 0) is 0 Å². The van der Waals surface area contributed by atoms with Gasteiger partial charge in [0.2, 0.25) is 0 Å². The molecule has 0 saturated heterocycles. The van der Waals surface area contributed by atoms with E-state index in [-0.39, 0.29) is 13.5 Å². The van der Waals surface area contributed by atoms with Gasteiger partial charge in [0.25, 0.3) is 0 Å². The van der Waals surface area contributed by atoms with Crippen molar-refractivity contribution >= 4 is 32.4 Å². The normalized spacial score (nSPS) is 13.3. The van der Waals surface area contributed by atoms with Crippen LogP contribution in [-0.4, -0.2) is 69.2 Å². The summed E-state index contributed by atoms with van der Waals surface area (Å²) in [6.07, 6.45) is 0. The average Bonchev–Trinajstić information content (AvgIpc) is 2.18. The van der Waals surface area contributed by atoms with Crippen LogP contribution in [0.3, 0.4) is 0 Å². The summed E-state index contributed by atoms with van der Waals surface area (Å²) < 4.78 is 0.210. The minimum atomic E-state index is -0.337. The molecule has 0 heterocycles. The fraction of sp³-hybridized carbons (Fsp3) is 0.455. The molecule has 4 heteroatoms. The molecule has 0 saturated carbocycles. The van der Waals surface area contributed by atoms with Crippen molar-refractivity contribution in [1.82, 2.24) is 9.80 Å². The van der Waals surface area contributed by atoms with Crippen molar-refractivity contribution in [3.8, 4) is 0 Å². The minimum absolute atomic E-state index is 0.210. The zero-order valence-corrected chi connectivity index (χ0v) is 11.9. The number of hydrogen-bond acceptors (Lipinski definition) is 2. The maximum absolute atomic E-state index is 2.33. The summed E-state index contributed by atoms with van der Waals surface area (Å²) in [5.41, 5.74) is 0. The van der Waals surface area contributed by atoms with Crippen LogP contribution in [0.2, 0.25) is 0 Å². The number of hydrogen-bond donors (Lipinski definition) is 0. The van der Waals surface area contributed by atoms with E-state index in [9.17, 15) is 0 Å². The molecule has 15 heavy (non-hydrogen) atoms. The van der Waals surface area contributed by atoms with E-state index in [2.05, 4.69) is 86.0 Å². The van der Waals surface area contributed by atoms with Crippen LogP contribution in [0.1, 0.15) is 0 Å². The molecule has 78 valence electrons. The molecule has 1 rings (SSSR count). The van der Waals surface area contributed by atoms with E-state index in [1.807, 2.05) is 0 Å². The van der Waals surface area contributed by atoms with E-state index in [0.29, 0.717) is 0 Å². The van der Waals surface area contributed by atoms with Gasteiger partial charge in [0, 0.05) is 0 Å². The molecule has 1 aromatic carbocycles. The van der Waals surface area contributed by atoms with Crippen LogP contribution in [0.15, 0.2) is 30.3 Å². The summed E-state index contributed by atoms with van der Waals surface area (Å²) >= 11 is 2.33. The van der Waals surface area contributed by atoms with Gasteiger partial charge in [-0.25, -0.2) is 0 Å². The molecule has 0 radical (unpaired) electrons. The standard InChI is InChI=1S/C11H19N2Si.Li/c1-12(2)11(13(3)4)14-10-8-6-5-7-9-10;/h5-9H,14H2,1-4H3;. The second-order valence-electron chi connectivity index (χ2n) is 4.67. The Labute approximate surface area is 105 Å². The Morgan fingerprint density at radius 2 is 1.47 bits per heavy atom. The second kappa shape index (κ2) is 5.33. The van der Waals surface area contributed by atoms with Gasteiger partial charge in [0.1, 0.15) is 0 Å². The molecule has 0 amide bonds. The van der Waals surface area contributed by atoms with E-state index in [0.717, 1.165) is 0 Å². The number of rotatable bonds is 4. The molecule has 0 atom stereocenters. The molecule has 0 N–H and O–H groups in total. The van der Waals surface area contributed by atoms with Crippen molar-refractivity contribution in [2.24, 2.45) is 0 Å². The molecule has 0 aliphatic carbocycles. The first kappa shape index (κ1) is 13.0. The summed E-state index contributed by atoms with van der Waals surface area (Å²) in [6.45, 7) is 0. The molecule has 0 unspecified atom stereocenters. The van der Waals surface area contributed by atoms with Crippen LogP contribution < -0.4 is 5.19 Å². The molecule has 0 fully saturated rings. The molecular formula is C11H19LiN2Si. The van der Waals surface area contributed by atoms with Crippen LogP contribution in [0.25, 0.3) is 0 Å². The molecular weight excluding hydrogens is 195 g/mol. The molecule has 0 bridgehead atoms. The summed E-state index contributed by atoms with van der Waals surface area (Å²) in [6, 6.07) is 10.8. The first-order valence-corrected chi connectivity index (χ1v) is 6.77. The van der Waals surface area contributed by atoms with Gasteiger partial charge in [-0.1, -0.05) is 0 Å². The summed E-state index contributed by atoms with van der Waals surface area (Å²) in [5.74, 6) is 0. The number of benzene rings is 1. The van der Waals surface area contributed by atoms with Gasteiger partial charge in [0.15, 0.2) is 0 Å². The summed E-state index contributed by atoms with van der Waals surface area (Å²) in [4.78, 5) is 4.65. The third-order valence-corrected chi connectivity index (χ3v) is 6.12. The topological polar surface area (TPSA) is 6.48 Å². The zero-order valence-electron chi connectivity index (χ0n) is 10.5. The third kappa shape index (κ3) is 3.20. The Kier molecular flexibility index (Phi) is 4.63. The quantitative estimate of drug-likeness (QED) is 0.487. The van der Waals surface area contributed by atoms with Gasteiger partial charge in [0.05, 0.1) is 0 Å². The first-order valence-electron chi connectivity index (χ1n) is 5.35. The van der Waals surface area contributed by atoms with Gasteiger partial charge in [-0.3, -0.25) is 0 Å². The van der Waals surface area contributed by atoms with Gasteiger partial charge < -0.3 is 0 Å². The Hall–Kier alpha value is -0.0457. The Morgan fingerprint density at radius 1 is 1.00 bits per heavy atom. The third-order valence-electron chi connectivity index (χ3n) is 3.31. The predicted molar refractivity (Wildman–Crippen MR) is 70.5 cm³/mol. The fourth-order valence-electron chi connectivity index (χ4n) is 1.70. The number of nitrogens with zero attached hydrogens (tertiary/aromatic N) is 2. The van der Waals surface area contributed by atoms with Crippen LogP contribution in [0.4, 0.5) is 0 Å². The fourth-order valence-corrected chi connectivity index (χ4v) is 3.61. The average molecular weight is 214 g/mol. The van der Waals surface area contributed by atoms with Gasteiger partial charge in [-0.2, -0.15) is 0 Å². The second-order valence-corrected chi connectivity index (χ2v) is 7.18. The summed E-state index contributed by atoms with van der Waals surface area (Å²) in [7, 11) is 8.31. The van der Waals surface area contributed by atoms with Crippen molar-refractivity contribution in [2.45, 2.75) is 3.96 Å². The molecule has 0 aromatic heterocycles. The Balaban J connectivity index is 2.85.